The Morgan fingerprint density at radius 3 is 2.54 bits per heavy atom. The number of hydrogen-bond acceptors (Lipinski definition) is 5. The van der Waals surface area contributed by atoms with Gasteiger partial charge in [0.1, 0.15) is 5.60 Å². The lowest BCUT2D eigenvalue weighted by Crippen LogP contribution is -2.35. The van der Waals surface area contributed by atoms with Crippen molar-refractivity contribution >= 4 is 27.8 Å². The number of nitrogens with zero attached hydrogens (tertiary/aromatic N) is 1. The van der Waals surface area contributed by atoms with Gasteiger partial charge in [-0.3, -0.25) is 4.55 Å². The summed E-state index contributed by atoms with van der Waals surface area (Å²) >= 11 is 6.12. The second-order valence-corrected chi connectivity index (χ2v) is 9.70. The van der Waals surface area contributed by atoms with Crippen molar-refractivity contribution in [3.63, 3.8) is 0 Å². The normalized spacial score (nSPS) is 13.2. The number of carbonyl (C=O) groups excluding carboxylic acids is 1. The molecule has 1 rings (SSSR count). The summed E-state index contributed by atoms with van der Waals surface area (Å²) in [5, 5.41) is 0.563. The summed E-state index contributed by atoms with van der Waals surface area (Å²) in [6.45, 7) is 7.85. The van der Waals surface area contributed by atoms with E-state index in [4.69, 9.17) is 25.6 Å². The minimum atomic E-state index is -4.03. The number of rotatable bonds is 9. The number of amides is 1. The summed E-state index contributed by atoms with van der Waals surface area (Å²) in [5.74, 6) is -0.369. The minimum Gasteiger partial charge on any atom is -0.444 e. The van der Waals surface area contributed by atoms with Crippen molar-refractivity contribution < 1.29 is 27.2 Å². The van der Waals surface area contributed by atoms with Crippen molar-refractivity contribution in [1.29, 1.82) is 0 Å². The van der Waals surface area contributed by atoms with E-state index in [1.54, 1.807) is 40.0 Å². The molecule has 1 N–H and O–H groups in total. The van der Waals surface area contributed by atoms with E-state index in [0.717, 1.165) is 11.1 Å². The molecular formula is C19H30ClNO6S. The summed E-state index contributed by atoms with van der Waals surface area (Å²) in [7, 11) is -2.38. The Bertz CT molecular complexity index is 760. The highest BCUT2D eigenvalue weighted by atomic mass is 35.5. The molecule has 0 aliphatic heterocycles. The monoisotopic (exact) mass is 435 g/mol. The molecule has 7 nitrogen and oxygen atoms in total. The Morgan fingerprint density at radius 2 is 1.96 bits per heavy atom. The third-order valence-corrected chi connectivity index (χ3v) is 4.93. The molecule has 0 radical (unpaired) electrons. The number of halogens is 1. The zero-order valence-corrected chi connectivity index (χ0v) is 18.6. The molecule has 1 atom stereocenters. The first-order chi connectivity index (χ1) is 12.8. The lowest BCUT2D eigenvalue weighted by Gasteiger charge is -2.27. The molecule has 9 heteroatoms. The van der Waals surface area contributed by atoms with Gasteiger partial charge < -0.3 is 14.4 Å². The number of aryl methyl sites for hydroxylation is 1. The first kappa shape index (κ1) is 24.7. The lowest BCUT2D eigenvalue weighted by atomic mass is 10.0. The fourth-order valence-corrected chi connectivity index (χ4v) is 3.16. The smallest absolute Gasteiger partial charge is 0.410 e. The molecule has 0 aliphatic rings. The Balaban J connectivity index is 2.80. The van der Waals surface area contributed by atoms with Gasteiger partial charge >= 0.3 is 6.09 Å². The molecule has 1 amide bonds. The summed E-state index contributed by atoms with van der Waals surface area (Å²) in [6.07, 6.45) is -0.176. The molecule has 28 heavy (non-hydrogen) atoms. The molecular weight excluding hydrogens is 406 g/mol. The van der Waals surface area contributed by atoms with Gasteiger partial charge in [-0.25, -0.2) is 4.79 Å². The maximum Gasteiger partial charge on any atom is 0.410 e. The summed E-state index contributed by atoms with van der Waals surface area (Å²) < 4.78 is 41.8. The van der Waals surface area contributed by atoms with Crippen LogP contribution in [0.15, 0.2) is 18.2 Å². The van der Waals surface area contributed by atoms with Crippen LogP contribution in [-0.4, -0.2) is 55.5 Å². The third-order valence-electron chi connectivity index (χ3n) is 3.89. The molecule has 1 aromatic rings. The molecule has 0 spiro atoms. The van der Waals surface area contributed by atoms with E-state index in [2.05, 4.69) is 0 Å². The molecule has 0 aromatic heterocycles. The van der Waals surface area contributed by atoms with Gasteiger partial charge in [0.2, 0.25) is 0 Å². The predicted octanol–water partition coefficient (Wildman–Crippen LogP) is 4.24. The van der Waals surface area contributed by atoms with Gasteiger partial charge in [-0.1, -0.05) is 17.7 Å². The van der Waals surface area contributed by atoms with E-state index in [9.17, 15) is 13.2 Å². The highest BCUT2D eigenvalue weighted by Gasteiger charge is 2.22. The van der Waals surface area contributed by atoms with E-state index in [1.165, 1.54) is 4.90 Å². The Kier molecular flexibility index (Phi) is 9.20. The highest BCUT2D eigenvalue weighted by Crippen LogP contribution is 2.28. The van der Waals surface area contributed by atoms with Crippen molar-refractivity contribution in [2.45, 2.75) is 52.2 Å². The van der Waals surface area contributed by atoms with Gasteiger partial charge in [0, 0.05) is 25.2 Å². The maximum atomic E-state index is 12.1. The quantitative estimate of drug-likeness (QED) is 0.460. The van der Waals surface area contributed by atoms with Crippen LogP contribution in [-0.2, 0) is 19.6 Å². The number of ether oxygens (including phenoxy) is 2. The largest absolute Gasteiger partial charge is 0.444 e. The molecule has 0 aliphatic carbocycles. The zero-order chi connectivity index (χ0) is 21.5. The van der Waals surface area contributed by atoms with Crippen LogP contribution in [0.4, 0.5) is 4.79 Å². The van der Waals surface area contributed by atoms with Gasteiger partial charge in [-0.2, -0.15) is 8.42 Å². The number of hydrogen-bond donors (Lipinski definition) is 1. The van der Waals surface area contributed by atoms with Crippen LogP contribution < -0.4 is 0 Å². The standard InChI is InChI=1S/C19H30ClNO6S/c1-14-7-8-15(20)13-16(14)17(26-11-6-12-28(23,24)25)9-10-21(5)18(22)27-19(2,3)4/h7-8,13,17H,6,9-12H2,1-5H3,(H,23,24,25). The Hall–Kier alpha value is -1.35. The molecule has 0 fully saturated rings. The summed E-state index contributed by atoms with van der Waals surface area (Å²) in [6, 6.07) is 5.46. The Morgan fingerprint density at radius 1 is 1.32 bits per heavy atom. The maximum absolute atomic E-state index is 12.1. The zero-order valence-electron chi connectivity index (χ0n) is 17.1. The van der Waals surface area contributed by atoms with E-state index in [0.29, 0.717) is 18.0 Å². The van der Waals surface area contributed by atoms with Crippen molar-refractivity contribution in [3.05, 3.63) is 34.3 Å². The van der Waals surface area contributed by atoms with Gasteiger partial charge in [-0.15, -0.1) is 0 Å². The molecule has 160 valence electrons. The van der Waals surface area contributed by atoms with Crippen molar-refractivity contribution in [2.24, 2.45) is 0 Å². The second-order valence-electron chi connectivity index (χ2n) is 7.69. The minimum absolute atomic E-state index is 0.145. The summed E-state index contributed by atoms with van der Waals surface area (Å²) in [4.78, 5) is 13.6. The average Bonchev–Trinajstić information content (AvgIpc) is 2.53. The topological polar surface area (TPSA) is 93.1 Å². The van der Waals surface area contributed by atoms with Crippen LogP contribution in [0.3, 0.4) is 0 Å². The number of benzene rings is 1. The van der Waals surface area contributed by atoms with Gasteiger partial charge in [0.25, 0.3) is 10.1 Å². The van der Waals surface area contributed by atoms with Crippen LogP contribution in [0.25, 0.3) is 0 Å². The van der Waals surface area contributed by atoms with Crippen LogP contribution >= 0.6 is 11.6 Å². The first-order valence-corrected chi connectivity index (χ1v) is 11.0. The van der Waals surface area contributed by atoms with Crippen molar-refractivity contribution in [3.8, 4) is 0 Å². The first-order valence-electron chi connectivity index (χ1n) is 9.05. The molecule has 1 unspecified atom stereocenters. The number of carbonyl (C=O) groups is 1. The fourth-order valence-electron chi connectivity index (χ4n) is 2.50. The molecule has 0 heterocycles. The van der Waals surface area contributed by atoms with Crippen LogP contribution in [0.2, 0.25) is 5.02 Å². The molecule has 0 saturated heterocycles. The van der Waals surface area contributed by atoms with E-state index >= 15 is 0 Å². The Labute approximate surface area is 172 Å². The van der Waals surface area contributed by atoms with Crippen LogP contribution in [0.5, 0.6) is 0 Å². The second kappa shape index (κ2) is 10.4. The predicted molar refractivity (Wildman–Crippen MR) is 109 cm³/mol. The highest BCUT2D eigenvalue weighted by molar-refractivity contribution is 7.85. The van der Waals surface area contributed by atoms with Crippen LogP contribution in [0, 0.1) is 6.92 Å². The van der Waals surface area contributed by atoms with Gasteiger partial charge in [0.15, 0.2) is 0 Å². The van der Waals surface area contributed by atoms with Crippen molar-refractivity contribution in [1.82, 2.24) is 4.90 Å². The molecule has 1 aromatic carbocycles. The van der Waals surface area contributed by atoms with E-state index in [1.807, 2.05) is 13.0 Å². The van der Waals surface area contributed by atoms with E-state index < -0.39 is 21.8 Å². The van der Waals surface area contributed by atoms with Crippen molar-refractivity contribution in [2.75, 3.05) is 26.0 Å². The summed E-state index contributed by atoms with van der Waals surface area (Å²) in [5.41, 5.74) is 1.27. The molecule has 0 bridgehead atoms. The van der Waals surface area contributed by atoms with Crippen LogP contribution in [0.1, 0.15) is 50.8 Å². The van der Waals surface area contributed by atoms with Gasteiger partial charge in [-0.05, 0) is 63.8 Å². The lowest BCUT2D eigenvalue weighted by molar-refractivity contribution is 0.0185. The fraction of sp³-hybridized carbons (Fsp3) is 0.632. The molecule has 0 saturated carbocycles. The third kappa shape index (κ3) is 9.73. The van der Waals surface area contributed by atoms with Gasteiger partial charge in [0.05, 0.1) is 11.9 Å². The SMILES string of the molecule is Cc1ccc(Cl)cc1C(CCN(C)C(=O)OC(C)(C)C)OCCCS(=O)(=O)O. The average molecular weight is 436 g/mol. The van der Waals surface area contributed by atoms with E-state index in [-0.39, 0.29) is 24.9 Å².